The van der Waals surface area contributed by atoms with E-state index in [0.29, 0.717) is 0 Å². The number of hydrogen-bond acceptors (Lipinski definition) is 20. The molecular formula is C42H74N28Ni2O16P2. The molecule has 0 aliphatic heterocycles. The van der Waals surface area contributed by atoms with Gasteiger partial charge >= 0.3 is 33.0 Å². The van der Waals surface area contributed by atoms with Gasteiger partial charge < -0.3 is 142 Å². The molecule has 0 spiro atoms. The number of rotatable bonds is 0. The first-order chi connectivity index (χ1) is 39.0. The second-order valence-corrected chi connectivity index (χ2v) is 13.4. The van der Waals surface area contributed by atoms with E-state index in [1.165, 1.54) is 0 Å². The van der Waals surface area contributed by atoms with Crippen LogP contribution in [0.5, 0.6) is 0 Å². The van der Waals surface area contributed by atoms with Crippen molar-refractivity contribution < 1.29 is 125 Å². The SMILES string of the molecule is O.O.O.O.O.O.O.O.O=P([O-])([O-])[O-].O=P([O-])([O-])[O-].[Ni+2].[Ni+2].c1c[nH+]c[nH]1.c1c[nH+]c[nH]1.c1c[nH]cn1.c1c[nH]cn1.c1c[nH]cn1.c1c[nH]cn1.c1c[nH]cn1.c1c[nH]cn1.c1c[nH]cn1.c1c[nH]cn1.c1c[nH]cn1.c1c[nH]cn1.c1c[nH]cn1.c1c[nH]cn1. The van der Waals surface area contributed by atoms with Gasteiger partial charge in [0.25, 0.3) is 0 Å². The van der Waals surface area contributed by atoms with Crippen molar-refractivity contribution >= 4 is 15.6 Å². The van der Waals surface area contributed by atoms with Gasteiger partial charge in [0.15, 0.2) is 0 Å². The normalized spacial score (nSPS) is 7.53. The second-order valence-electron chi connectivity index (χ2n) is 11.6. The molecule has 14 heterocycles. The van der Waals surface area contributed by atoms with E-state index in [9.17, 15) is 0 Å². The van der Waals surface area contributed by atoms with Gasteiger partial charge in [-0.05, 0) is 0 Å². The number of imidazole rings is 14. The van der Waals surface area contributed by atoms with Gasteiger partial charge in [0.1, 0.15) is 24.8 Å². The second kappa shape index (κ2) is 92.5. The molecule has 14 rings (SSSR count). The van der Waals surface area contributed by atoms with E-state index < -0.39 is 15.6 Å². The Bertz CT molecular complexity index is 1950. The van der Waals surface area contributed by atoms with Gasteiger partial charge in [-0.2, -0.15) is 15.6 Å². The fraction of sp³-hybridized carbons (Fsp3) is 0. The third-order valence-electron chi connectivity index (χ3n) is 5.76. The fourth-order valence-electron chi connectivity index (χ4n) is 3.06. The van der Waals surface area contributed by atoms with Crippen molar-refractivity contribution in [3.63, 3.8) is 0 Å². The molecule has 0 saturated carbocycles. The van der Waals surface area contributed by atoms with Crippen LogP contribution in [0.25, 0.3) is 0 Å². The average Bonchev–Trinajstić information content (AvgIpc) is 4.31. The van der Waals surface area contributed by atoms with E-state index in [-0.39, 0.29) is 76.8 Å². The molecule has 0 aliphatic carbocycles. The Morgan fingerprint density at radius 1 is 0.222 bits per heavy atom. The van der Waals surface area contributed by atoms with Crippen molar-refractivity contribution in [2.24, 2.45) is 0 Å². The summed E-state index contributed by atoms with van der Waals surface area (Å²) in [7, 11) is -10.8. The zero-order chi connectivity index (χ0) is 58.5. The first kappa shape index (κ1) is 108. The predicted octanol–water partition coefficient (Wildman–Crippen LogP) is -7.68. The Labute approximate surface area is 530 Å². The van der Waals surface area contributed by atoms with Gasteiger partial charge in [0.2, 0.25) is 12.7 Å². The van der Waals surface area contributed by atoms with Crippen LogP contribution in [-0.2, 0) is 42.1 Å². The summed E-state index contributed by atoms with van der Waals surface area (Å²) < 4.78 is 17.1. The molecule has 0 aliphatic rings. The van der Waals surface area contributed by atoms with Gasteiger partial charge in [-0.25, -0.2) is 59.8 Å². The Morgan fingerprint density at radius 2 is 0.333 bits per heavy atom. The van der Waals surface area contributed by atoms with E-state index in [1.807, 2.05) is 24.8 Å². The van der Waals surface area contributed by atoms with Crippen molar-refractivity contribution in [3.8, 4) is 0 Å². The van der Waals surface area contributed by atoms with Gasteiger partial charge in [0, 0.05) is 149 Å². The Morgan fingerprint density at radius 3 is 0.356 bits per heavy atom. The minimum atomic E-state index is -5.39. The van der Waals surface area contributed by atoms with E-state index in [4.69, 9.17) is 38.5 Å². The van der Waals surface area contributed by atoms with Crippen LogP contribution in [0.1, 0.15) is 0 Å². The number of H-pyrrole nitrogens is 16. The van der Waals surface area contributed by atoms with Crippen LogP contribution in [-0.4, -0.2) is 173 Å². The third-order valence-corrected chi connectivity index (χ3v) is 5.76. The molecular weight excluding hydrogens is 1330 g/mol. The molecule has 0 atom stereocenters. The van der Waals surface area contributed by atoms with Crippen LogP contribution in [0, 0.1) is 0 Å². The summed E-state index contributed by atoms with van der Waals surface area (Å²) in [5.74, 6) is 0. The molecule has 48 heteroatoms. The molecule has 0 radical (unpaired) electrons. The van der Waals surface area contributed by atoms with Crippen molar-refractivity contribution in [2.45, 2.75) is 0 Å². The van der Waals surface area contributed by atoms with Crippen LogP contribution >= 0.6 is 15.6 Å². The van der Waals surface area contributed by atoms with E-state index in [1.54, 1.807) is 237 Å². The zero-order valence-corrected chi connectivity index (χ0v) is 50.2. The number of aromatic amines is 16. The number of aromatic nitrogens is 28. The Hall–Kier alpha value is -10.2. The van der Waals surface area contributed by atoms with Gasteiger partial charge in [-0.1, -0.05) is 0 Å². The first-order valence-electron chi connectivity index (χ1n) is 21.6. The smallest absolute Gasteiger partial charge is 0.822 e. The minimum Gasteiger partial charge on any atom is -0.822 e. The molecule has 508 valence electrons. The summed E-state index contributed by atoms with van der Waals surface area (Å²) in [6, 6.07) is 0. The van der Waals surface area contributed by atoms with Crippen molar-refractivity contribution in [3.05, 3.63) is 262 Å². The quantitative estimate of drug-likeness (QED) is 0.0495. The molecule has 32 N–H and O–H groups in total. The van der Waals surface area contributed by atoms with E-state index in [2.05, 4.69) is 140 Å². The largest absolute Gasteiger partial charge is 2.00 e. The number of hydrogen-bond donors (Lipinski definition) is 14. The molecule has 14 aromatic heterocycles. The van der Waals surface area contributed by atoms with Crippen LogP contribution in [0.15, 0.2) is 262 Å². The van der Waals surface area contributed by atoms with Gasteiger partial charge in [0.05, 0.1) is 75.9 Å². The van der Waals surface area contributed by atoms with Crippen LogP contribution in [0.3, 0.4) is 0 Å². The molecule has 0 amide bonds. The molecule has 0 unspecified atom stereocenters. The fourth-order valence-corrected chi connectivity index (χ4v) is 3.06. The van der Waals surface area contributed by atoms with Gasteiger partial charge in [-0.3, -0.25) is 19.9 Å². The zero-order valence-electron chi connectivity index (χ0n) is 46.4. The standard InChI is InChI=1S/14C3H4N2.2Ni.2H3O4P.8H2O/c14*1-2-5-3-4-1;;;2*1-5(2,3)4;;;;;;;;/h14*1-3H,(H,4,5);;;2*(H3,1,2,3,4);8*1H2/q;;;;;;;;;;;;;;2*+2;;;;;;;;;;/p-4. The summed E-state index contributed by atoms with van der Waals surface area (Å²) >= 11 is 0. The van der Waals surface area contributed by atoms with Crippen molar-refractivity contribution in [2.75, 3.05) is 0 Å². The third kappa shape index (κ3) is 128. The maximum absolute atomic E-state index is 8.55. The summed E-state index contributed by atoms with van der Waals surface area (Å²) in [5, 5.41) is 0. The molecule has 0 saturated heterocycles. The minimum absolute atomic E-state index is 0. The maximum atomic E-state index is 8.55. The number of nitrogens with zero attached hydrogens (tertiary/aromatic N) is 12. The first-order valence-corrected chi connectivity index (χ1v) is 24.5. The molecule has 0 bridgehead atoms. The topological polar surface area (TPSA) is 829 Å². The monoisotopic (exact) mass is 1400 g/mol. The Kier molecular flexibility index (Phi) is 111. The maximum Gasteiger partial charge on any atom is 2.00 e. The molecule has 44 nitrogen and oxygen atoms in total. The molecule has 0 fully saturated rings. The van der Waals surface area contributed by atoms with Gasteiger partial charge in [-0.15, -0.1) is 0 Å². The van der Waals surface area contributed by atoms with Crippen LogP contribution in [0.2, 0.25) is 0 Å². The Balaban J connectivity index is -0.0000000716. The molecule has 14 aromatic rings. The average molecular weight is 1410 g/mol. The van der Waals surface area contributed by atoms with Crippen LogP contribution < -0.4 is 39.3 Å². The van der Waals surface area contributed by atoms with E-state index in [0.717, 1.165) is 0 Å². The summed E-state index contributed by atoms with van der Waals surface area (Å²) in [6.45, 7) is 0. The molecule has 90 heavy (non-hydrogen) atoms. The summed E-state index contributed by atoms with van der Waals surface area (Å²) in [4.78, 5) is 140. The van der Waals surface area contributed by atoms with Crippen molar-refractivity contribution in [1.29, 1.82) is 0 Å². The van der Waals surface area contributed by atoms with Crippen LogP contribution in [0.4, 0.5) is 0 Å². The van der Waals surface area contributed by atoms with E-state index >= 15 is 0 Å². The summed E-state index contributed by atoms with van der Waals surface area (Å²) in [5.41, 5.74) is 0. The number of nitrogens with one attached hydrogen (secondary N) is 16. The summed E-state index contributed by atoms with van der Waals surface area (Å²) in [6.07, 6.45) is 71.8. The predicted molar refractivity (Wildman–Crippen MR) is 302 cm³/mol. The number of phosphoric acid groups is 2. The molecule has 0 aromatic carbocycles. The van der Waals surface area contributed by atoms with Crippen molar-refractivity contribution in [1.82, 2.24) is 130 Å².